The maximum absolute atomic E-state index is 12.9. The Kier molecular flexibility index (Phi) is 7.28. The Hall–Kier alpha value is -3.55. The van der Waals surface area contributed by atoms with Crippen LogP contribution in [0.5, 0.6) is 0 Å². The Balaban J connectivity index is 1.60. The predicted octanol–water partition coefficient (Wildman–Crippen LogP) is 6.83. The van der Waals surface area contributed by atoms with Gasteiger partial charge in [-0.15, -0.1) is 0 Å². The number of nitrogens with one attached hydrogen (secondary N) is 2. The molecule has 35 heavy (non-hydrogen) atoms. The van der Waals surface area contributed by atoms with Gasteiger partial charge in [0.25, 0.3) is 0 Å². The van der Waals surface area contributed by atoms with E-state index in [1.165, 1.54) is 30.0 Å². The van der Waals surface area contributed by atoms with Gasteiger partial charge in [-0.05, 0) is 39.0 Å². The molecule has 1 unspecified atom stereocenters. The third kappa shape index (κ3) is 5.75. The van der Waals surface area contributed by atoms with Gasteiger partial charge >= 0.3 is 5.97 Å². The fraction of sp³-hybridized carbons (Fsp3) is 0.148. The zero-order valence-corrected chi connectivity index (χ0v) is 21.0. The van der Waals surface area contributed by atoms with Crippen molar-refractivity contribution in [3.05, 3.63) is 88.4 Å². The summed E-state index contributed by atoms with van der Waals surface area (Å²) in [5.74, 6) is -1.41. The van der Waals surface area contributed by atoms with Crippen LogP contribution in [0, 0.1) is 13.8 Å². The second-order valence-electron chi connectivity index (χ2n) is 8.25. The van der Waals surface area contributed by atoms with Crippen molar-refractivity contribution < 1.29 is 14.7 Å². The van der Waals surface area contributed by atoms with Gasteiger partial charge in [-0.25, -0.2) is 9.78 Å². The zero-order chi connectivity index (χ0) is 25.1. The van der Waals surface area contributed by atoms with Gasteiger partial charge in [0.1, 0.15) is 0 Å². The first-order valence-corrected chi connectivity index (χ1v) is 12.2. The van der Waals surface area contributed by atoms with Gasteiger partial charge in [0.05, 0.1) is 32.9 Å². The molecule has 4 rings (SSSR count). The maximum atomic E-state index is 12.9. The third-order valence-corrected chi connectivity index (χ3v) is 6.79. The first kappa shape index (κ1) is 24.6. The summed E-state index contributed by atoms with van der Waals surface area (Å²) in [4.78, 5) is 32.3. The molecule has 3 aromatic carbocycles. The van der Waals surface area contributed by atoms with Gasteiger partial charge in [-0.3, -0.25) is 4.79 Å². The second-order valence-corrected chi connectivity index (χ2v) is 9.98. The predicted molar refractivity (Wildman–Crippen MR) is 141 cm³/mol. The first-order valence-electron chi connectivity index (χ1n) is 11.0. The lowest BCUT2D eigenvalue weighted by molar-refractivity contribution is -0.115. The van der Waals surface area contributed by atoms with E-state index in [0.29, 0.717) is 5.16 Å². The number of halogens is 1. The minimum absolute atomic E-state index is 0.0431. The molecule has 0 saturated carbocycles. The van der Waals surface area contributed by atoms with Crippen molar-refractivity contribution in [2.24, 2.45) is 0 Å². The van der Waals surface area contributed by atoms with E-state index >= 15 is 0 Å². The number of anilines is 1. The lowest BCUT2D eigenvalue weighted by atomic mass is 10.0. The number of carboxylic acids is 1. The van der Waals surface area contributed by atoms with Crippen molar-refractivity contribution in [1.29, 1.82) is 0 Å². The van der Waals surface area contributed by atoms with Crippen molar-refractivity contribution in [1.82, 2.24) is 9.97 Å². The van der Waals surface area contributed by atoms with Crippen LogP contribution in [0.15, 0.2) is 71.9 Å². The highest BCUT2D eigenvalue weighted by Gasteiger charge is 2.21. The smallest absolute Gasteiger partial charge is 0.335 e. The first-order chi connectivity index (χ1) is 16.7. The number of hydrogen-bond donors (Lipinski definition) is 3. The summed E-state index contributed by atoms with van der Waals surface area (Å²) in [5.41, 5.74) is 6.28. The van der Waals surface area contributed by atoms with E-state index in [4.69, 9.17) is 16.6 Å². The van der Waals surface area contributed by atoms with Gasteiger partial charge in [0.2, 0.25) is 5.91 Å². The summed E-state index contributed by atoms with van der Waals surface area (Å²) in [6, 6.07) is 20.5. The number of hydrogen-bond acceptors (Lipinski definition) is 4. The van der Waals surface area contributed by atoms with Crippen LogP contribution in [0.4, 0.5) is 5.69 Å². The minimum Gasteiger partial charge on any atom is -0.478 e. The van der Waals surface area contributed by atoms with Crippen molar-refractivity contribution in [2.45, 2.75) is 31.2 Å². The van der Waals surface area contributed by atoms with Gasteiger partial charge < -0.3 is 15.4 Å². The van der Waals surface area contributed by atoms with Gasteiger partial charge in [-0.1, -0.05) is 83.0 Å². The highest BCUT2D eigenvalue weighted by Crippen LogP contribution is 2.34. The van der Waals surface area contributed by atoms with Crippen LogP contribution < -0.4 is 5.32 Å². The van der Waals surface area contributed by atoms with Crippen LogP contribution >= 0.6 is 23.4 Å². The van der Waals surface area contributed by atoms with Crippen molar-refractivity contribution in [3.63, 3.8) is 0 Å². The molecule has 1 atom stereocenters. The van der Waals surface area contributed by atoms with E-state index < -0.39 is 11.2 Å². The Morgan fingerprint density at radius 1 is 0.971 bits per heavy atom. The van der Waals surface area contributed by atoms with Crippen LogP contribution in [-0.2, 0) is 4.79 Å². The number of imidazole rings is 1. The van der Waals surface area contributed by atoms with Crippen LogP contribution in [0.25, 0.3) is 22.5 Å². The number of rotatable bonds is 7. The summed E-state index contributed by atoms with van der Waals surface area (Å²) >= 11 is 7.44. The Morgan fingerprint density at radius 2 is 1.57 bits per heavy atom. The molecule has 8 heteroatoms. The quantitative estimate of drug-likeness (QED) is 0.239. The topological polar surface area (TPSA) is 95.1 Å². The number of carbonyl (C=O) groups is 2. The maximum Gasteiger partial charge on any atom is 0.335 e. The fourth-order valence-electron chi connectivity index (χ4n) is 3.47. The number of benzene rings is 3. The molecule has 0 saturated heterocycles. The molecule has 0 aliphatic rings. The summed E-state index contributed by atoms with van der Waals surface area (Å²) < 4.78 is 0. The molecule has 1 amide bonds. The molecule has 0 bridgehead atoms. The minimum atomic E-state index is -1.09. The molecule has 3 N–H and O–H groups in total. The largest absolute Gasteiger partial charge is 0.478 e. The monoisotopic (exact) mass is 505 g/mol. The normalized spacial score (nSPS) is 11.8. The second kappa shape index (κ2) is 10.4. The average molecular weight is 506 g/mol. The van der Waals surface area contributed by atoms with Crippen LogP contribution in [0.1, 0.15) is 28.4 Å². The molecule has 1 aromatic heterocycles. The van der Waals surface area contributed by atoms with E-state index in [0.717, 1.165) is 33.6 Å². The number of H-pyrrole nitrogens is 1. The molecule has 178 valence electrons. The molecule has 0 fully saturated rings. The third-order valence-electron chi connectivity index (χ3n) is 5.48. The van der Waals surface area contributed by atoms with Crippen LogP contribution in [0.2, 0.25) is 5.02 Å². The van der Waals surface area contributed by atoms with Crippen molar-refractivity contribution in [3.8, 4) is 22.5 Å². The number of aryl methyl sites for hydroxylation is 2. The molecule has 0 radical (unpaired) electrons. The number of aromatic carboxylic acids is 1. The molecule has 6 nitrogen and oxygen atoms in total. The molecule has 0 aliphatic carbocycles. The molecular formula is C27H24ClN3O3S. The summed E-state index contributed by atoms with van der Waals surface area (Å²) in [7, 11) is 0. The van der Waals surface area contributed by atoms with Crippen LogP contribution in [0.3, 0.4) is 0 Å². The zero-order valence-electron chi connectivity index (χ0n) is 19.4. The van der Waals surface area contributed by atoms with Crippen molar-refractivity contribution >= 4 is 40.9 Å². The van der Waals surface area contributed by atoms with Gasteiger partial charge in [0, 0.05) is 11.1 Å². The number of amides is 1. The Bertz CT molecular complexity index is 1320. The van der Waals surface area contributed by atoms with E-state index in [1.54, 1.807) is 6.92 Å². The fourth-order valence-corrected chi connectivity index (χ4v) is 4.44. The average Bonchev–Trinajstić information content (AvgIpc) is 3.24. The Morgan fingerprint density at radius 3 is 2.17 bits per heavy atom. The number of aromatic nitrogens is 2. The number of nitrogens with zero attached hydrogens (tertiary/aromatic N) is 1. The van der Waals surface area contributed by atoms with Crippen LogP contribution in [-0.4, -0.2) is 32.2 Å². The van der Waals surface area contributed by atoms with E-state index in [1.807, 2.05) is 62.4 Å². The number of thioether (sulfide) groups is 1. The number of carboxylic acid groups (broad SMARTS) is 1. The highest BCUT2D eigenvalue weighted by atomic mass is 35.5. The highest BCUT2D eigenvalue weighted by molar-refractivity contribution is 8.00. The summed E-state index contributed by atoms with van der Waals surface area (Å²) in [5, 5.41) is 12.3. The standard InChI is InChI=1S/C27H24ClN3O3S/c1-15-4-8-18(9-5-15)23-24(19-10-6-16(2)7-11-19)31-27(30-23)35-17(3)25(32)29-22-14-20(26(33)34)12-13-21(22)28/h4-14,17H,1-3H3,(H,29,32)(H,30,31)(H,33,34). The van der Waals surface area contributed by atoms with E-state index in [2.05, 4.69) is 10.3 Å². The van der Waals surface area contributed by atoms with Crippen molar-refractivity contribution in [2.75, 3.05) is 5.32 Å². The van der Waals surface area contributed by atoms with E-state index in [-0.39, 0.29) is 22.2 Å². The molecule has 0 aliphatic heterocycles. The number of carbonyl (C=O) groups excluding carboxylic acids is 1. The van der Waals surface area contributed by atoms with Gasteiger partial charge in [0.15, 0.2) is 5.16 Å². The number of aromatic amines is 1. The lowest BCUT2D eigenvalue weighted by Crippen LogP contribution is -2.23. The molecule has 4 aromatic rings. The van der Waals surface area contributed by atoms with Gasteiger partial charge in [-0.2, -0.15) is 0 Å². The molecule has 1 heterocycles. The Labute approximate surface area is 212 Å². The molecule has 0 spiro atoms. The summed E-state index contributed by atoms with van der Waals surface area (Å²) in [6.45, 7) is 5.83. The van der Waals surface area contributed by atoms with E-state index in [9.17, 15) is 14.7 Å². The molecular weight excluding hydrogens is 482 g/mol. The lowest BCUT2D eigenvalue weighted by Gasteiger charge is -2.12. The summed E-state index contributed by atoms with van der Waals surface area (Å²) in [6.07, 6.45) is 0. The SMILES string of the molecule is Cc1ccc(-c2nc(SC(C)C(=O)Nc3cc(C(=O)O)ccc3Cl)[nH]c2-c2ccc(C)cc2)cc1.